The van der Waals surface area contributed by atoms with Crippen molar-refractivity contribution in [1.82, 2.24) is 20.6 Å². The molecule has 1 heterocycles. The number of H-pyrrole nitrogens is 1. The lowest BCUT2D eigenvalue weighted by atomic mass is 10.3. The molecule has 60 valence electrons. The molecule has 0 bridgehead atoms. The Labute approximate surface area is 68.4 Å². The zero-order valence-corrected chi connectivity index (χ0v) is 6.14. The van der Waals surface area contributed by atoms with Gasteiger partial charge in [0.2, 0.25) is 0 Å². The van der Waals surface area contributed by atoms with Gasteiger partial charge in [-0.15, -0.1) is 0 Å². The predicted molar refractivity (Wildman–Crippen MR) is 40.7 cm³/mol. The summed E-state index contributed by atoms with van der Waals surface area (Å²) in [5.41, 5.74) is 0. The van der Waals surface area contributed by atoms with Crippen LogP contribution in [0.3, 0.4) is 0 Å². The summed E-state index contributed by atoms with van der Waals surface area (Å²) in [6.07, 6.45) is 0. The van der Waals surface area contributed by atoms with Gasteiger partial charge in [-0.25, -0.2) is 0 Å². The lowest BCUT2D eigenvalue weighted by Crippen LogP contribution is -1.84. The molecular formula is C7H6N4O. The molecule has 0 amide bonds. The third-order valence-corrected chi connectivity index (χ3v) is 1.28. The van der Waals surface area contributed by atoms with E-state index in [0.717, 1.165) is 0 Å². The van der Waals surface area contributed by atoms with E-state index in [9.17, 15) is 0 Å². The third-order valence-electron chi connectivity index (χ3n) is 1.28. The molecule has 1 aromatic carbocycles. The van der Waals surface area contributed by atoms with Gasteiger partial charge in [0, 0.05) is 0 Å². The van der Waals surface area contributed by atoms with E-state index in [4.69, 9.17) is 4.74 Å². The summed E-state index contributed by atoms with van der Waals surface area (Å²) in [4.78, 5) is 0. The van der Waals surface area contributed by atoms with Crippen molar-refractivity contribution in [2.24, 2.45) is 0 Å². The molecule has 0 saturated carbocycles. The van der Waals surface area contributed by atoms with Gasteiger partial charge in [0.1, 0.15) is 5.75 Å². The van der Waals surface area contributed by atoms with Crippen LogP contribution in [-0.4, -0.2) is 20.6 Å². The highest BCUT2D eigenvalue weighted by Gasteiger charge is 1.98. The Hall–Kier alpha value is -1.91. The Morgan fingerprint density at radius 2 is 2.00 bits per heavy atom. The number of nitrogens with zero attached hydrogens (tertiary/aromatic N) is 3. The number of hydrogen-bond acceptors (Lipinski definition) is 4. The van der Waals surface area contributed by atoms with Crippen LogP contribution in [0.4, 0.5) is 0 Å². The summed E-state index contributed by atoms with van der Waals surface area (Å²) in [5, 5.41) is 12.9. The Bertz CT molecular complexity index is 332. The van der Waals surface area contributed by atoms with Gasteiger partial charge < -0.3 is 4.74 Å². The van der Waals surface area contributed by atoms with Gasteiger partial charge in [0.15, 0.2) is 0 Å². The van der Waals surface area contributed by atoms with Crippen LogP contribution in [0.5, 0.6) is 11.8 Å². The van der Waals surface area contributed by atoms with E-state index in [1.165, 1.54) is 0 Å². The van der Waals surface area contributed by atoms with Crippen LogP contribution >= 0.6 is 0 Å². The maximum Gasteiger partial charge on any atom is 0.361 e. The number of aromatic amines is 1. The lowest BCUT2D eigenvalue weighted by Gasteiger charge is -1.96. The second-order valence-electron chi connectivity index (χ2n) is 2.11. The summed E-state index contributed by atoms with van der Waals surface area (Å²) in [5.74, 6) is 0.693. The van der Waals surface area contributed by atoms with E-state index in [1.807, 2.05) is 30.3 Å². The van der Waals surface area contributed by atoms with Crippen LogP contribution in [0.2, 0.25) is 0 Å². The molecule has 2 rings (SSSR count). The minimum Gasteiger partial charge on any atom is -0.422 e. The maximum atomic E-state index is 5.20. The lowest BCUT2D eigenvalue weighted by molar-refractivity contribution is 0.442. The monoisotopic (exact) mass is 162 g/mol. The SMILES string of the molecule is c1ccc(Oc2nn[nH]n2)cc1. The van der Waals surface area contributed by atoms with Crippen molar-refractivity contribution in [2.45, 2.75) is 0 Å². The molecule has 0 aliphatic rings. The Morgan fingerprint density at radius 1 is 1.17 bits per heavy atom. The van der Waals surface area contributed by atoms with Crippen LogP contribution in [0.25, 0.3) is 0 Å². The molecule has 0 aliphatic carbocycles. The highest BCUT2D eigenvalue weighted by atomic mass is 16.5. The maximum absolute atomic E-state index is 5.20. The topological polar surface area (TPSA) is 63.7 Å². The van der Waals surface area contributed by atoms with Gasteiger partial charge in [-0.3, -0.25) is 0 Å². The van der Waals surface area contributed by atoms with Crippen molar-refractivity contribution >= 4 is 0 Å². The molecule has 12 heavy (non-hydrogen) atoms. The first kappa shape index (κ1) is 6.78. The molecule has 0 unspecified atom stereocenters. The molecule has 0 spiro atoms. The summed E-state index contributed by atoms with van der Waals surface area (Å²) >= 11 is 0. The summed E-state index contributed by atoms with van der Waals surface area (Å²) in [6.45, 7) is 0. The van der Waals surface area contributed by atoms with Gasteiger partial charge in [-0.05, 0) is 17.3 Å². The molecule has 1 N–H and O–H groups in total. The van der Waals surface area contributed by atoms with E-state index in [1.54, 1.807) is 0 Å². The molecule has 0 saturated heterocycles. The number of ether oxygens (including phenoxy) is 1. The molecule has 0 aliphatic heterocycles. The van der Waals surface area contributed by atoms with E-state index < -0.39 is 0 Å². The second kappa shape index (κ2) is 3.00. The smallest absolute Gasteiger partial charge is 0.361 e. The molecule has 5 nitrogen and oxygen atoms in total. The van der Waals surface area contributed by atoms with Crippen molar-refractivity contribution in [3.63, 3.8) is 0 Å². The molecular weight excluding hydrogens is 156 g/mol. The fourth-order valence-corrected chi connectivity index (χ4v) is 0.790. The van der Waals surface area contributed by atoms with Crippen LogP contribution in [-0.2, 0) is 0 Å². The van der Waals surface area contributed by atoms with E-state index in [-0.39, 0.29) is 6.01 Å². The zero-order chi connectivity index (χ0) is 8.23. The van der Waals surface area contributed by atoms with Crippen molar-refractivity contribution in [2.75, 3.05) is 0 Å². The molecule has 2 aromatic rings. The number of aromatic nitrogens is 4. The Morgan fingerprint density at radius 3 is 2.67 bits per heavy atom. The molecule has 0 radical (unpaired) electrons. The highest BCUT2D eigenvalue weighted by Crippen LogP contribution is 2.14. The number of nitrogens with one attached hydrogen (secondary N) is 1. The van der Waals surface area contributed by atoms with Gasteiger partial charge >= 0.3 is 6.01 Å². The van der Waals surface area contributed by atoms with Gasteiger partial charge in [-0.2, -0.15) is 5.21 Å². The largest absolute Gasteiger partial charge is 0.422 e. The average Bonchev–Trinajstić information content (AvgIpc) is 2.59. The first-order chi connectivity index (χ1) is 5.95. The van der Waals surface area contributed by atoms with Gasteiger partial charge in [-0.1, -0.05) is 28.4 Å². The molecule has 5 heteroatoms. The predicted octanol–water partition coefficient (Wildman–Crippen LogP) is 0.992. The van der Waals surface area contributed by atoms with Crippen LogP contribution in [0.15, 0.2) is 30.3 Å². The minimum atomic E-state index is 0.223. The van der Waals surface area contributed by atoms with Gasteiger partial charge in [0.05, 0.1) is 0 Å². The number of benzene rings is 1. The molecule has 0 fully saturated rings. The Balaban J connectivity index is 2.15. The van der Waals surface area contributed by atoms with Crippen molar-refractivity contribution < 1.29 is 4.74 Å². The van der Waals surface area contributed by atoms with E-state index >= 15 is 0 Å². The number of rotatable bonds is 2. The Kier molecular flexibility index (Phi) is 1.69. The summed E-state index contributed by atoms with van der Waals surface area (Å²) in [6, 6.07) is 9.50. The van der Waals surface area contributed by atoms with E-state index in [2.05, 4.69) is 20.6 Å². The third kappa shape index (κ3) is 1.39. The molecule has 1 aromatic heterocycles. The average molecular weight is 162 g/mol. The van der Waals surface area contributed by atoms with Crippen LogP contribution in [0.1, 0.15) is 0 Å². The first-order valence-corrected chi connectivity index (χ1v) is 3.41. The van der Waals surface area contributed by atoms with E-state index in [0.29, 0.717) is 5.75 Å². The van der Waals surface area contributed by atoms with Gasteiger partial charge in [0.25, 0.3) is 0 Å². The second-order valence-corrected chi connectivity index (χ2v) is 2.11. The minimum absolute atomic E-state index is 0.223. The highest BCUT2D eigenvalue weighted by molar-refractivity contribution is 5.23. The quantitative estimate of drug-likeness (QED) is 0.715. The zero-order valence-electron chi connectivity index (χ0n) is 6.14. The number of para-hydroxylation sites is 1. The fraction of sp³-hybridized carbons (Fsp3) is 0. The van der Waals surface area contributed by atoms with Crippen molar-refractivity contribution in [3.05, 3.63) is 30.3 Å². The van der Waals surface area contributed by atoms with Crippen molar-refractivity contribution in [3.8, 4) is 11.8 Å². The molecule has 0 atom stereocenters. The fourth-order valence-electron chi connectivity index (χ4n) is 0.790. The summed E-state index contributed by atoms with van der Waals surface area (Å²) in [7, 11) is 0. The number of hydrogen-bond donors (Lipinski definition) is 1. The standard InChI is InChI=1S/C7H6N4O/c1-2-4-6(5-3-1)12-7-8-10-11-9-7/h1-5H,(H,8,9,10,11). The normalized spacial score (nSPS) is 9.67. The number of tetrazole rings is 1. The summed E-state index contributed by atoms with van der Waals surface area (Å²) < 4.78 is 5.20. The van der Waals surface area contributed by atoms with Crippen LogP contribution < -0.4 is 4.74 Å². The van der Waals surface area contributed by atoms with Crippen LogP contribution in [0, 0.1) is 0 Å². The first-order valence-electron chi connectivity index (χ1n) is 3.41. The van der Waals surface area contributed by atoms with Crippen molar-refractivity contribution in [1.29, 1.82) is 0 Å².